The Hall–Kier alpha value is -2.47. The molecule has 22 heavy (non-hydrogen) atoms. The molecule has 1 aliphatic rings. The summed E-state index contributed by atoms with van der Waals surface area (Å²) in [6.45, 7) is 1.71. The Morgan fingerprint density at radius 1 is 1.36 bits per heavy atom. The van der Waals surface area contributed by atoms with Crippen molar-refractivity contribution in [1.29, 1.82) is 0 Å². The lowest BCUT2D eigenvalue weighted by molar-refractivity contribution is -0.141. The SMILES string of the molecule is CC(CCC(=O)NO)N1C(=O)CC(=Cc2ccccc2)C1=O. The number of nitrogens with one attached hydrogen (secondary N) is 1. The van der Waals surface area contributed by atoms with Gasteiger partial charge in [0.05, 0.1) is 6.42 Å². The van der Waals surface area contributed by atoms with Crippen LogP contribution >= 0.6 is 0 Å². The third-order valence-corrected chi connectivity index (χ3v) is 3.60. The number of imide groups is 1. The molecule has 0 bridgehead atoms. The fourth-order valence-corrected chi connectivity index (χ4v) is 2.43. The van der Waals surface area contributed by atoms with E-state index in [0.717, 1.165) is 5.56 Å². The molecular formula is C16H18N2O4. The predicted molar refractivity (Wildman–Crippen MR) is 79.5 cm³/mol. The zero-order valence-corrected chi connectivity index (χ0v) is 12.3. The Morgan fingerprint density at radius 2 is 2.05 bits per heavy atom. The van der Waals surface area contributed by atoms with Gasteiger partial charge < -0.3 is 0 Å². The molecule has 1 atom stereocenters. The quantitative estimate of drug-likeness (QED) is 0.373. The first-order valence-electron chi connectivity index (χ1n) is 7.08. The van der Waals surface area contributed by atoms with Gasteiger partial charge in [0.1, 0.15) is 0 Å². The molecule has 1 unspecified atom stereocenters. The molecule has 2 N–H and O–H groups in total. The second-order valence-electron chi connectivity index (χ2n) is 5.25. The molecule has 0 radical (unpaired) electrons. The van der Waals surface area contributed by atoms with Crippen molar-refractivity contribution in [3.05, 3.63) is 41.5 Å². The van der Waals surface area contributed by atoms with E-state index in [4.69, 9.17) is 5.21 Å². The number of benzene rings is 1. The van der Waals surface area contributed by atoms with Crippen LogP contribution in [-0.4, -0.2) is 33.9 Å². The maximum Gasteiger partial charge on any atom is 0.257 e. The molecule has 2 rings (SSSR count). The van der Waals surface area contributed by atoms with Crippen molar-refractivity contribution in [2.24, 2.45) is 0 Å². The number of amides is 3. The summed E-state index contributed by atoms with van der Waals surface area (Å²) in [5, 5.41) is 8.47. The Balaban J connectivity index is 2.08. The number of carbonyl (C=O) groups is 3. The molecule has 116 valence electrons. The molecule has 0 saturated carbocycles. The fraction of sp³-hybridized carbons (Fsp3) is 0.312. The Kier molecular flexibility index (Phi) is 5.06. The topological polar surface area (TPSA) is 86.7 Å². The van der Waals surface area contributed by atoms with Gasteiger partial charge in [-0.15, -0.1) is 0 Å². The number of likely N-dealkylation sites (tertiary alicyclic amines) is 1. The second-order valence-corrected chi connectivity index (χ2v) is 5.25. The lowest BCUT2D eigenvalue weighted by Gasteiger charge is -2.21. The predicted octanol–water partition coefficient (Wildman–Crippen LogP) is 1.50. The van der Waals surface area contributed by atoms with Gasteiger partial charge in [-0.25, -0.2) is 5.48 Å². The number of carbonyl (C=O) groups excluding carboxylic acids is 3. The van der Waals surface area contributed by atoms with E-state index in [0.29, 0.717) is 12.0 Å². The summed E-state index contributed by atoms with van der Waals surface area (Å²) in [6.07, 6.45) is 2.15. The van der Waals surface area contributed by atoms with Gasteiger partial charge >= 0.3 is 0 Å². The van der Waals surface area contributed by atoms with Crippen LogP contribution in [-0.2, 0) is 14.4 Å². The Bertz CT molecular complexity index is 610. The molecule has 3 amide bonds. The van der Waals surface area contributed by atoms with Crippen LogP contribution in [0, 0.1) is 0 Å². The average molecular weight is 302 g/mol. The van der Waals surface area contributed by atoms with Gasteiger partial charge in [-0.05, 0) is 25.0 Å². The van der Waals surface area contributed by atoms with Crippen molar-refractivity contribution >= 4 is 23.8 Å². The van der Waals surface area contributed by atoms with Crippen LogP contribution in [0.1, 0.15) is 31.7 Å². The summed E-state index contributed by atoms with van der Waals surface area (Å²) in [4.78, 5) is 36.7. The summed E-state index contributed by atoms with van der Waals surface area (Å²) in [5.74, 6) is -1.11. The van der Waals surface area contributed by atoms with E-state index in [1.807, 2.05) is 30.3 Å². The van der Waals surface area contributed by atoms with Gasteiger partial charge in [0.15, 0.2) is 0 Å². The number of hydrogen-bond acceptors (Lipinski definition) is 4. The number of hydrogen-bond donors (Lipinski definition) is 2. The first kappa shape index (κ1) is 15.9. The van der Waals surface area contributed by atoms with Crippen LogP contribution in [0.4, 0.5) is 0 Å². The van der Waals surface area contributed by atoms with Crippen molar-refractivity contribution in [2.45, 2.75) is 32.2 Å². The minimum absolute atomic E-state index is 0.0481. The lowest BCUT2D eigenvalue weighted by Crippen LogP contribution is -2.38. The van der Waals surface area contributed by atoms with Crippen LogP contribution in [0.2, 0.25) is 0 Å². The van der Waals surface area contributed by atoms with Gasteiger partial charge in [-0.3, -0.25) is 24.5 Å². The molecule has 1 aromatic carbocycles. The smallest absolute Gasteiger partial charge is 0.257 e. The normalized spacial score (nSPS) is 17.9. The van der Waals surface area contributed by atoms with Gasteiger partial charge in [0, 0.05) is 18.0 Å². The van der Waals surface area contributed by atoms with Crippen LogP contribution in [0.25, 0.3) is 6.08 Å². The van der Waals surface area contributed by atoms with E-state index in [1.54, 1.807) is 13.0 Å². The molecule has 1 aliphatic heterocycles. The summed E-state index contributed by atoms with van der Waals surface area (Å²) in [6, 6.07) is 8.94. The van der Waals surface area contributed by atoms with E-state index in [1.165, 1.54) is 10.4 Å². The highest BCUT2D eigenvalue weighted by Gasteiger charge is 2.36. The first-order chi connectivity index (χ1) is 10.5. The summed E-state index contributed by atoms with van der Waals surface area (Å²) in [7, 11) is 0. The van der Waals surface area contributed by atoms with Crippen LogP contribution in [0.3, 0.4) is 0 Å². The number of rotatable bonds is 5. The monoisotopic (exact) mass is 302 g/mol. The highest BCUT2D eigenvalue weighted by Crippen LogP contribution is 2.24. The molecule has 1 fully saturated rings. The molecule has 6 nitrogen and oxygen atoms in total. The Morgan fingerprint density at radius 3 is 2.68 bits per heavy atom. The molecule has 1 aromatic rings. The van der Waals surface area contributed by atoms with E-state index >= 15 is 0 Å². The first-order valence-corrected chi connectivity index (χ1v) is 7.08. The minimum Gasteiger partial charge on any atom is -0.289 e. The van der Waals surface area contributed by atoms with Crippen molar-refractivity contribution < 1.29 is 19.6 Å². The summed E-state index contributed by atoms with van der Waals surface area (Å²) in [5.41, 5.74) is 2.86. The van der Waals surface area contributed by atoms with Crippen molar-refractivity contribution in [1.82, 2.24) is 10.4 Å². The van der Waals surface area contributed by atoms with E-state index in [2.05, 4.69) is 0 Å². The third-order valence-electron chi connectivity index (χ3n) is 3.60. The van der Waals surface area contributed by atoms with E-state index < -0.39 is 5.91 Å². The lowest BCUT2D eigenvalue weighted by atomic mass is 10.1. The van der Waals surface area contributed by atoms with Crippen LogP contribution < -0.4 is 5.48 Å². The molecule has 0 aromatic heterocycles. The molecule has 1 saturated heterocycles. The molecule has 6 heteroatoms. The minimum atomic E-state index is -0.536. The maximum absolute atomic E-state index is 12.4. The molecule has 1 heterocycles. The van der Waals surface area contributed by atoms with Gasteiger partial charge in [0.2, 0.25) is 11.8 Å². The zero-order valence-electron chi connectivity index (χ0n) is 12.3. The largest absolute Gasteiger partial charge is 0.289 e. The third kappa shape index (κ3) is 3.59. The summed E-state index contributed by atoms with van der Waals surface area (Å²) >= 11 is 0. The van der Waals surface area contributed by atoms with E-state index in [-0.39, 0.29) is 30.7 Å². The highest BCUT2D eigenvalue weighted by atomic mass is 16.5. The number of nitrogens with zero attached hydrogens (tertiary/aromatic N) is 1. The van der Waals surface area contributed by atoms with Crippen molar-refractivity contribution in [3.63, 3.8) is 0 Å². The van der Waals surface area contributed by atoms with Crippen molar-refractivity contribution in [2.75, 3.05) is 0 Å². The van der Waals surface area contributed by atoms with Gasteiger partial charge in [0.25, 0.3) is 5.91 Å². The fourth-order valence-electron chi connectivity index (χ4n) is 2.43. The zero-order chi connectivity index (χ0) is 16.1. The molecular weight excluding hydrogens is 284 g/mol. The molecule has 0 spiro atoms. The number of hydroxylamine groups is 1. The Labute approximate surface area is 128 Å². The average Bonchev–Trinajstić information content (AvgIpc) is 2.79. The van der Waals surface area contributed by atoms with Gasteiger partial charge in [-0.1, -0.05) is 30.3 Å². The van der Waals surface area contributed by atoms with Crippen molar-refractivity contribution in [3.8, 4) is 0 Å². The standard InChI is InChI=1S/C16H18N2O4/c1-11(7-8-14(19)17-22)18-15(20)10-13(16(18)21)9-12-5-3-2-4-6-12/h2-6,9,11,22H,7-8,10H2,1H3,(H,17,19). The maximum atomic E-state index is 12.4. The summed E-state index contributed by atoms with van der Waals surface area (Å²) < 4.78 is 0. The molecule has 0 aliphatic carbocycles. The second kappa shape index (κ2) is 7.00. The highest BCUT2D eigenvalue weighted by molar-refractivity contribution is 6.15. The van der Waals surface area contributed by atoms with Gasteiger partial charge in [-0.2, -0.15) is 0 Å². The van der Waals surface area contributed by atoms with Crippen LogP contribution in [0.5, 0.6) is 0 Å². The van der Waals surface area contributed by atoms with E-state index in [9.17, 15) is 14.4 Å². The van der Waals surface area contributed by atoms with Crippen LogP contribution in [0.15, 0.2) is 35.9 Å².